The average Bonchev–Trinajstić information content (AvgIpc) is 2.36. The summed E-state index contributed by atoms with van der Waals surface area (Å²) in [5.74, 6) is -0.214. The zero-order chi connectivity index (χ0) is 12.1. The van der Waals surface area contributed by atoms with E-state index in [9.17, 15) is 4.39 Å². The number of hydrogen-bond acceptors (Lipinski definition) is 2. The Kier molecular flexibility index (Phi) is 3.50. The summed E-state index contributed by atoms with van der Waals surface area (Å²) in [4.78, 5) is 0. The quantitative estimate of drug-likeness (QED) is 0.630. The van der Waals surface area contributed by atoms with Crippen LogP contribution in [0, 0.1) is 12.7 Å². The first kappa shape index (κ1) is 11.3. The molecule has 0 unspecified atom stereocenters. The molecule has 0 amide bonds. The minimum atomic E-state index is -0.214. The number of rotatable bonds is 3. The van der Waals surface area contributed by atoms with Gasteiger partial charge in [-0.3, -0.25) is 5.43 Å². The fourth-order valence-electron chi connectivity index (χ4n) is 1.45. The molecule has 86 valence electrons. The molecule has 0 aliphatic rings. The number of para-hydroxylation sites is 1. The largest absolute Gasteiger partial charge is 0.279 e. The third-order valence-corrected chi connectivity index (χ3v) is 2.48. The highest BCUT2D eigenvalue weighted by molar-refractivity contribution is 5.82. The summed E-state index contributed by atoms with van der Waals surface area (Å²) in [6.07, 6.45) is 1.62. The summed E-state index contributed by atoms with van der Waals surface area (Å²) < 4.78 is 13.2. The van der Waals surface area contributed by atoms with E-state index in [2.05, 4.69) is 10.5 Å². The van der Waals surface area contributed by atoms with Crippen LogP contribution in [0.25, 0.3) is 0 Å². The molecule has 0 bridgehead atoms. The van der Waals surface area contributed by atoms with Gasteiger partial charge in [0.25, 0.3) is 0 Å². The van der Waals surface area contributed by atoms with E-state index in [-0.39, 0.29) is 5.82 Å². The van der Waals surface area contributed by atoms with Crippen LogP contribution in [0.4, 0.5) is 10.1 Å². The summed E-state index contributed by atoms with van der Waals surface area (Å²) in [6.45, 7) is 1.74. The van der Waals surface area contributed by atoms with Crippen molar-refractivity contribution < 1.29 is 4.39 Å². The molecule has 0 fully saturated rings. The summed E-state index contributed by atoms with van der Waals surface area (Å²) >= 11 is 0. The van der Waals surface area contributed by atoms with Gasteiger partial charge in [0.2, 0.25) is 0 Å². The van der Waals surface area contributed by atoms with E-state index >= 15 is 0 Å². The zero-order valence-corrected chi connectivity index (χ0v) is 9.52. The lowest BCUT2D eigenvalue weighted by atomic mass is 10.1. The van der Waals surface area contributed by atoms with Gasteiger partial charge in [-0.25, -0.2) is 4.39 Å². The summed E-state index contributed by atoms with van der Waals surface area (Å²) in [6, 6.07) is 14.5. The van der Waals surface area contributed by atoms with E-state index in [0.717, 1.165) is 11.3 Å². The number of hydrazone groups is 1. The molecule has 2 aromatic rings. The Morgan fingerprint density at radius 2 is 1.82 bits per heavy atom. The summed E-state index contributed by atoms with van der Waals surface area (Å²) in [5, 5.41) is 4.07. The molecule has 17 heavy (non-hydrogen) atoms. The smallest absolute Gasteiger partial charge is 0.126 e. The molecule has 0 aliphatic heterocycles. The number of hydrogen-bond donors (Lipinski definition) is 1. The Bertz CT molecular complexity index is 521. The van der Waals surface area contributed by atoms with E-state index in [4.69, 9.17) is 0 Å². The highest BCUT2D eigenvalue weighted by Gasteiger charge is 1.99. The third kappa shape index (κ3) is 2.91. The van der Waals surface area contributed by atoms with Crippen molar-refractivity contribution in [3.05, 3.63) is 65.5 Å². The van der Waals surface area contributed by atoms with Gasteiger partial charge in [-0.1, -0.05) is 30.3 Å². The first-order valence-corrected chi connectivity index (χ1v) is 5.36. The number of anilines is 1. The standard InChI is InChI=1S/C14H13FN2/c1-11-12(6-5-9-14(11)15)10-16-17-13-7-3-2-4-8-13/h2-10,17H,1H3. The van der Waals surface area contributed by atoms with Crippen LogP contribution in [0.1, 0.15) is 11.1 Å². The molecule has 0 aromatic heterocycles. The minimum Gasteiger partial charge on any atom is -0.279 e. The second-order valence-corrected chi connectivity index (χ2v) is 3.69. The number of nitrogens with zero attached hydrogens (tertiary/aromatic N) is 1. The van der Waals surface area contributed by atoms with E-state index in [0.29, 0.717) is 5.56 Å². The second-order valence-electron chi connectivity index (χ2n) is 3.69. The lowest BCUT2D eigenvalue weighted by molar-refractivity contribution is 0.618. The van der Waals surface area contributed by atoms with Crippen LogP contribution in [-0.4, -0.2) is 6.21 Å². The lowest BCUT2D eigenvalue weighted by Gasteiger charge is -2.01. The molecule has 0 saturated carbocycles. The molecule has 0 radical (unpaired) electrons. The van der Waals surface area contributed by atoms with Gasteiger partial charge in [0, 0.05) is 5.56 Å². The van der Waals surface area contributed by atoms with Crippen LogP contribution in [-0.2, 0) is 0 Å². The number of nitrogens with one attached hydrogen (secondary N) is 1. The molecule has 2 aromatic carbocycles. The van der Waals surface area contributed by atoms with Gasteiger partial charge in [0.15, 0.2) is 0 Å². The molecule has 0 aliphatic carbocycles. The van der Waals surface area contributed by atoms with Crippen molar-refractivity contribution in [1.82, 2.24) is 0 Å². The molecule has 3 heteroatoms. The van der Waals surface area contributed by atoms with E-state index in [1.165, 1.54) is 6.07 Å². The predicted octanol–water partition coefficient (Wildman–Crippen LogP) is 3.58. The summed E-state index contributed by atoms with van der Waals surface area (Å²) in [7, 11) is 0. The number of benzene rings is 2. The Morgan fingerprint density at radius 3 is 2.59 bits per heavy atom. The van der Waals surface area contributed by atoms with Crippen LogP contribution in [0.5, 0.6) is 0 Å². The molecular weight excluding hydrogens is 215 g/mol. The molecule has 0 heterocycles. The SMILES string of the molecule is Cc1c(F)cccc1C=NNc1ccccc1. The molecule has 2 nitrogen and oxygen atoms in total. The van der Waals surface area contributed by atoms with Crippen molar-refractivity contribution in [2.45, 2.75) is 6.92 Å². The van der Waals surface area contributed by atoms with E-state index in [1.807, 2.05) is 36.4 Å². The highest BCUT2D eigenvalue weighted by Crippen LogP contribution is 2.10. The van der Waals surface area contributed by atoms with Crippen molar-refractivity contribution in [1.29, 1.82) is 0 Å². The van der Waals surface area contributed by atoms with Gasteiger partial charge in [-0.05, 0) is 30.7 Å². The molecule has 1 N–H and O–H groups in total. The maximum Gasteiger partial charge on any atom is 0.126 e. The molecular formula is C14H13FN2. The van der Waals surface area contributed by atoms with Crippen LogP contribution in [0.2, 0.25) is 0 Å². The van der Waals surface area contributed by atoms with Crippen LogP contribution >= 0.6 is 0 Å². The zero-order valence-electron chi connectivity index (χ0n) is 9.52. The van der Waals surface area contributed by atoms with Crippen molar-refractivity contribution in [3.8, 4) is 0 Å². The average molecular weight is 228 g/mol. The second kappa shape index (κ2) is 5.25. The Hall–Kier alpha value is -2.16. The van der Waals surface area contributed by atoms with Gasteiger partial charge in [-0.15, -0.1) is 0 Å². The monoisotopic (exact) mass is 228 g/mol. The molecule has 2 rings (SSSR count). The first-order valence-electron chi connectivity index (χ1n) is 5.36. The van der Waals surface area contributed by atoms with Gasteiger partial charge in [-0.2, -0.15) is 5.10 Å². The lowest BCUT2D eigenvalue weighted by Crippen LogP contribution is -1.94. The highest BCUT2D eigenvalue weighted by atomic mass is 19.1. The predicted molar refractivity (Wildman–Crippen MR) is 68.8 cm³/mol. The van der Waals surface area contributed by atoms with Crippen LogP contribution in [0.15, 0.2) is 53.6 Å². The Morgan fingerprint density at radius 1 is 1.06 bits per heavy atom. The van der Waals surface area contributed by atoms with Gasteiger partial charge in [0.05, 0.1) is 11.9 Å². The maximum absolute atomic E-state index is 13.2. The molecule has 0 saturated heterocycles. The summed E-state index contributed by atoms with van der Waals surface area (Å²) in [5.41, 5.74) is 5.16. The Labute approximate surface area is 99.8 Å². The third-order valence-electron chi connectivity index (χ3n) is 2.48. The fourth-order valence-corrected chi connectivity index (χ4v) is 1.45. The van der Waals surface area contributed by atoms with Crippen molar-refractivity contribution in [2.75, 3.05) is 5.43 Å². The molecule has 0 spiro atoms. The molecule has 0 atom stereocenters. The van der Waals surface area contributed by atoms with Crippen LogP contribution in [0.3, 0.4) is 0 Å². The number of halogens is 1. The topological polar surface area (TPSA) is 24.4 Å². The normalized spacial score (nSPS) is 10.7. The van der Waals surface area contributed by atoms with Crippen molar-refractivity contribution >= 4 is 11.9 Å². The van der Waals surface area contributed by atoms with Gasteiger partial charge < -0.3 is 0 Å². The minimum absolute atomic E-state index is 0.214. The fraction of sp³-hybridized carbons (Fsp3) is 0.0714. The van der Waals surface area contributed by atoms with Crippen molar-refractivity contribution in [2.24, 2.45) is 5.10 Å². The van der Waals surface area contributed by atoms with E-state index < -0.39 is 0 Å². The van der Waals surface area contributed by atoms with Crippen molar-refractivity contribution in [3.63, 3.8) is 0 Å². The van der Waals surface area contributed by atoms with Gasteiger partial charge in [0.1, 0.15) is 5.82 Å². The Balaban J connectivity index is 2.09. The van der Waals surface area contributed by atoms with E-state index in [1.54, 1.807) is 19.2 Å². The first-order chi connectivity index (χ1) is 8.27. The van der Waals surface area contributed by atoms with Gasteiger partial charge >= 0.3 is 0 Å². The maximum atomic E-state index is 13.2. The van der Waals surface area contributed by atoms with Crippen LogP contribution < -0.4 is 5.43 Å².